The number of nitrogens with zero attached hydrogens (tertiary/aromatic N) is 2. The van der Waals surface area contributed by atoms with E-state index >= 15 is 0 Å². The van der Waals surface area contributed by atoms with Gasteiger partial charge in [0, 0.05) is 33.1 Å². The number of anilines is 6. The highest BCUT2D eigenvalue weighted by Gasteiger charge is 2.54. The van der Waals surface area contributed by atoms with Crippen molar-refractivity contribution in [2.24, 2.45) is 0 Å². The van der Waals surface area contributed by atoms with E-state index in [0.717, 1.165) is 0 Å². The smallest absolute Gasteiger partial charge is 0.254 e. The van der Waals surface area contributed by atoms with E-state index in [9.17, 15) is 0 Å². The van der Waals surface area contributed by atoms with Crippen molar-refractivity contribution < 1.29 is 0 Å². The van der Waals surface area contributed by atoms with Crippen LogP contribution in [0, 0.1) is 0 Å². The van der Waals surface area contributed by atoms with Gasteiger partial charge in [-0.1, -0.05) is 144 Å². The van der Waals surface area contributed by atoms with Crippen molar-refractivity contribution in [1.82, 2.24) is 0 Å². The van der Waals surface area contributed by atoms with E-state index in [1.165, 1.54) is 125 Å². The predicted octanol–water partition coefficient (Wildman–Crippen LogP) is 15.3. The second-order valence-corrected chi connectivity index (χ2v) is 25.8. The highest BCUT2D eigenvalue weighted by atomic mass is 32.1. The first kappa shape index (κ1) is 41.4. The molecule has 3 heterocycles. The van der Waals surface area contributed by atoms with E-state index in [4.69, 9.17) is 0 Å². The van der Waals surface area contributed by atoms with Gasteiger partial charge in [0.05, 0.1) is 5.00 Å². The lowest BCUT2D eigenvalue weighted by Gasteiger charge is -2.45. The molecule has 0 spiro atoms. The largest absolute Gasteiger partial charge is 0.311 e. The van der Waals surface area contributed by atoms with Gasteiger partial charge >= 0.3 is 0 Å². The minimum absolute atomic E-state index is 0.0114. The summed E-state index contributed by atoms with van der Waals surface area (Å²) >= 11 is 2.04. The summed E-state index contributed by atoms with van der Waals surface area (Å²) in [6.45, 7) is 29.1. The first-order chi connectivity index (χ1) is 30.7. The summed E-state index contributed by atoms with van der Waals surface area (Å²) in [4.78, 5) is 5.34. The molecule has 2 aliphatic heterocycles. The molecule has 0 amide bonds. The lowest BCUT2D eigenvalue weighted by molar-refractivity contribution is 0.332. The molecule has 3 aliphatic carbocycles. The van der Waals surface area contributed by atoms with Crippen LogP contribution in [0.3, 0.4) is 0 Å². The number of benzene rings is 6. The SMILES string of the molecule is CC(C)(C)c1ccc(N2c3ccc(C(C)(C)C)cc3B3c4c2cc(-c2ccccc2)cc4N(c2ccc4c(c2)C(C)(C)CCC4(C)C)c2sc4cc5c(cc4c23)C2(C)CCC5(C)C2)cc1. The van der Waals surface area contributed by atoms with Crippen LogP contribution in [0.15, 0.2) is 115 Å². The Bertz CT molecular complexity index is 3140. The summed E-state index contributed by atoms with van der Waals surface area (Å²) in [5.74, 6) is 0. The van der Waals surface area contributed by atoms with Crippen molar-refractivity contribution in [3.8, 4) is 11.1 Å². The number of thiophene rings is 1. The van der Waals surface area contributed by atoms with Crippen LogP contribution >= 0.6 is 11.3 Å². The molecule has 0 radical (unpaired) electrons. The molecule has 1 fully saturated rings. The van der Waals surface area contributed by atoms with Gasteiger partial charge < -0.3 is 9.80 Å². The predicted molar refractivity (Wildman–Crippen MR) is 283 cm³/mol. The number of fused-ring (bicyclic) bond motifs is 12. The Morgan fingerprint density at radius 2 is 1.09 bits per heavy atom. The molecule has 2 nitrogen and oxygen atoms in total. The molecule has 1 aromatic heterocycles. The van der Waals surface area contributed by atoms with Gasteiger partial charge in [-0.3, -0.25) is 0 Å². The second kappa shape index (κ2) is 13.3. The maximum atomic E-state index is 2.72. The van der Waals surface area contributed by atoms with E-state index in [-0.39, 0.29) is 39.2 Å². The fraction of sp³-hybridized carbons (Fsp3) is 0.377. The first-order valence-corrected chi connectivity index (χ1v) is 25.3. The molecule has 5 aliphatic rings. The molecule has 6 aromatic carbocycles. The zero-order chi connectivity index (χ0) is 45.4. The standard InChI is InChI=1S/C61H65BN2S/c1-56(2,3)39-18-21-41(22-19-39)63-49-25-20-40(57(4,5)6)32-48(49)62-53-43-34-46-47(61(12)29-28-60(46,11)36-61)35-52(43)65-55(53)64(42-23-24-44-45(33-42)59(9,10)27-26-58(44,7)8)51-31-38(30-50(63)54(51)62)37-16-14-13-15-17-37/h13-25,30-35H,26-29,36H2,1-12H3. The summed E-state index contributed by atoms with van der Waals surface area (Å²) in [5.41, 5.74) is 22.8. The number of hydrogen-bond acceptors (Lipinski definition) is 3. The van der Waals surface area contributed by atoms with Crippen molar-refractivity contribution >= 4 is 78.0 Å². The molecular formula is C61H65BN2S. The molecule has 0 N–H and O–H groups in total. The third-order valence-corrected chi connectivity index (χ3v) is 18.3. The first-order valence-electron chi connectivity index (χ1n) is 24.5. The molecule has 7 aromatic rings. The minimum Gasteiger partial charge on any atom is -0.311 e. The molecule has 65 heavy (non-hydrogen) atoms. The fourth-order valence-corrected chi connectivity index (χ4v) is 14.5. The van der Waals surface area contributed by atoms with E-state index in [2.05, 4.69) is 208 Å². The monoisotopic (exact) mass is 868 g/mol. The maximum absolute atomic E-state index is 2.72. The summed E-state index contributed by atoms with van der Waals surface area (Å²) in [7, 11) is 0. The Labute approximate surface area is 393 Å². The Balaban J connectivity index is 1.22. The van der Waals surface area contributed by atoms with Crippen LogP contribution in [-0.2, 0) is 32.5 Å². The quantitative estimate of drug-likeness (QED) is 0.163. The molecular weight excluding hydrogens is 804 g/mol. The molecule has 12 rings (SSSR count). The van der Waals surface area contributed by atoms with Crippen LogP contribution in [0.2, 0.25) is 0 Å². The maximum Gasteiger partial charge on any atom is 0.254 e. The van der Waals surface area contributed by atoms with Crippen molar-refractivity contribution in [3.05, 3.63) is 149 Å². The fourth-order valence-electron chi connectivity index (χ4n) is 13.2. The highest BCUT2D eigenvalue weighted by Crippen LogP contribution is 2.62. The van der Waals surface area contributed by atoms with E-state index in [1.54, 1.807) is 11.1 Å². The van der Waals surface area contributed by atoms with Gasteiger partial charge in [-0.2, -0.15) is 0 Å². The number of rotatable bonds is 3. The van der Waals surface area contributed by atoms with Crippen molar-refractivity contribution in [2.45, 2.75) is 148 Å². The van der Waals surface area contributed by atoms with Crippen LogP contribution in [0.4, 0.5) is 33.4 Å². The van der Waals surface area contributed by atoms with Gasteiger partial charge in [-0.25, -0.2) is 0 Å². The van der Waals surface area contributed by atoms with Crippen LogP contribution < -0.4 is 26.2 Å². The summed E-state index contributed by atoms with van der Waals surface area (Å²) in [6, 6.07) is 46.1. The Morgan fingerprint density at radius 3 is 1.75 bits per heavy atom. The van der Waals surface area contributed by atoms with Crippen LogP contribution in [-0.4, -0.2) is 6.71 Å². The molecule has 2 bridgehead atoms. The van der Waals surface area contributed by atoms with Crippen LogP contribution in [0.1, 0.15) is 149 Å². The average Bonchev–Trinajstić information content (AvgIpc) is 3.87. The lowest BCUT2D eigenvalue weighted by atomic mass is 9.33. The molecule has 4 heteroatoms. The Kier molecular flexibility index (Phi) is 8.47. The van der Waals surface area contributed by atoms with Gasteiger partial charge in [0.15, 0.2) is 0 Å². The molecule has 1 saturated carbocycles. The van der Waals surface area contributed by atoms with Crippen molar-refractivity contribution in [1.29, 1.82) is 0 Å². The van der Waals surface area contributed by atoms with E-state index in [1.807, 2.05) is 11.3 Å². The Hall–Kier alpha value is -5.06. The zero-order valence-electron chi connectivity index (χ0n) is 40.9. The topological polar surface area (TPSA) is 6.48 Å². The second-order valence-electron chi connectivity index (χ2n) is 24.7. The molecule has 0 saturated heterocycles. The third-order valence-electron chi connectivity index (χ3n) is 17.2. The average molecular weight is 869 g/mol. The van der Waals surface area contributed by atoms with Gasteiger partial charge in [0.2, 0.25) is 0 Å². The van der Waals surface area contributed by atoms with Crippen molar-refractivity contribution in [2.75, 3.05) is 9.80 Å². The van der Waals surface area contributed by atoms with E-state index in [0.29, 0.717) is 0 Å². The zero-order valence-corrected chi connectivity index (χ0v) is 41.7. The lowest BCUT2D eigenvalue weighted by Crippen LogP contribution is -2.61. The van der Waals surface area contributed by atoms with Crippen molar-refractivity contribution in [3.63, 3.8) is 0 Å². The van der Waals surface area contributed by atoms with Gasteiger partial charge in [-0.15, -0.1) is 11.3 Å². The van der Waals surface area contributed by atoms with Crippen LogP contribution in [0.25, 0.3) is 21.2 Å². The Morgan fingerprint density at radius 1 is 0.492 bits per heavy atom. The summed E-state index contributed by atoms with van der Waals surface area (Å²) in [6.07, 6.45) is 6.22. The molecule has 328 valence electrons. The molecule has 2 unspecified atom stereocenters. The van der Waals surface area contributed by atoms with Gasteiger partial charge in [0.25, 0.3) is 6.71 Å². The number of hydrogen-bond donors (Lipinski definition) is 0. The normalized spacial score (nSPS) is 22.1. The van der Waals surface area contributed by atoms with Crippen LogP contribution in [0.5, 0.6) is 0 Å². The van der Waals surface area contributed by atoms with Gasteiger partial charge in [-0.05, 0) is 185 Å². The molecule has 2 atom stereocenters. The van der Waals surface area contributed by atoms with E-state index < -0.39 is 0 Å². The summed E-state index contributed by atoms with van der Waals surface area (Å²) < 4.78 is 1.43. The highest BCUT2D eigenvalue weighted by molar-refractivity contribution is 7.26. The van der Waals surface area contributed by atoms with Gasteiger partial charge in [0.1, 0.15) is 0 Å². The minimum atomic E-state index is -0.0114. The third kappa shape index (κ3) is 5.97. The summed E-state index contributed by atoms with van der Waals surface area (Å²) in [5, 5.41) is 2.83.